The summed E-state index contributed by atoms with van der Waals surface area (Å²) in [6.07, 6.45) is 4.03. The van der Waals surface area contributed by atoms with Crippen LogP contribution < -0.4 is 4.72 Å². The molecule has 0 atom stereocenters. The molecule has 0 unspecified atom stereocenters. The quantitative estimate of drug-likeness (QED) is 0.597. The Hall–Kier alpha value is -1.66. The van der Waals surface area contributed by atoms with Gasteiger partial charge >= 0.3 is 5.97 Å². The molecular formula is C14H19NO4S. The number of hydrogen-bond acceptors (Lipinski definition) is 3. The maximum absolute atomic E-state index is 12.2. The summed E-state index contributed by atoms with van der Waals surface area (Å²) in [5.74, 6) is -1.07. The average molecular weight is 297 g/mol. The van der Waals surface area contributed by atoms with Crippen molar-refractivity contribution in [3.63, 3.8) is 0 Å². The number of carbonyl (C=O) groups is 1. The van der Waals surface area contributed by atoms with Crippen LogP contribution in [0.3, 0.4) is 0 Å². The lowest BCUT2D eigenvalue weighted by Crippen LogP contribution is -2.25. The van der Waals surface area contributed by atoms with Crippen molar-refractivity contribution in [2.75, 3.05) is 6.54 Å². The zero-order valence-electron chi connectivity index (χ0n) is 11.6. The molecule has 0 saturated heterocycles. The molecule has 0 spiro atoms. The molecule has 110 valence electrons. The van der Waals surface area contributed by atoms with Gasteiger partial charge in [-0.2, -0.15) is 0 Å². The molecule has 0 amide bonds. The van der Waals surface area contributed by atoms with E-state index < -0.39 is 16.0 Å². The van der Waals surface area contributed by atoms with Gasteiger partial charge < -0.3 is 5.11 Å². The van der Waals surface area contributed by atoms with Crippen LogP contribution in [-0.2, 0) is 14.8 Å². The van der Waals surface area contributed by atoms with E-state index in [0.717, 1.165) is 18.9 Å². The van der Waals surface area contributed by atoms with E-state index in [0.29, 0.717) is 17.7 Å². The summed E-state index contributed by atoms with van der Waals surface area (Å²) in [6, 6.07) is 4.82. The van der Waals surface area contributed by atoms with Crippen molar-refractivity contribution in [1.82, 2.24) is 4.72 Å². The lowest BCUT2D eigenvalue weighted by molar-refractivity contribution is -0.131. The molecule has 0 aliphatic heterocycles. The van der Waals surface area contributed by atoms with E-state index in [4.69, 9.17) is 5.11 Å². The number of hydrogen-bond donors (Lipinski definition) is 2. The smallest absolute Gasteiger partial charge is 0.328 e. The highest BCUT2D eigenvalue weighted by Gasteiger charge is 2.16. The molecule has 6 heteroatoms. The molecule has 1 aromatic rings. The third-order valence-corrected chi connectivity index (χ3v) is 4.35. The third kappa shape index (κ3) is 4.79. The molecule has 0 radical (unpaired) electrons. The van der Waals surface area contributed by atoms with Crippen molar-refractivity contribution in [3.8, 4) is 0 Å². The van der Waals surface area contributed by atoms with E-state index in [2.05, 4.69) is 4.72 Å². The van der Waals surface area contributed by atoms with Crippen LogP contribution in [-0.4, -0.2) is 26.0 Å². The summed E-state index contributed by atoms with van der Waals surface area (Å²) in [5, 5.41) is 8.58. The fraction of sp³-hybridized carbons (Fsp3) is 0.357. The Balaban J connectivity index is 3.04. The van der Waals surface area contributed by atoms with Crippen LogP contribution >= 0.6 is 0 Å². The number of carboxylic acid groups (broad SMARTS) is 1. The topological polar surface area (TPSA) is 83.5 Å². The van der Waals surface area contributed by atoms with E-state index >= 15 is 0 Å². The monoisotopic (exact) mass is 297 g/mol. The minimum Gasteiger partial charge on any atom is -0.478 e. The largest absolute Gasteiger partial charge is 0.478 e. The molecule has 20 heavy (non-hydrogen) atoms. The molecule has 5 nitrogen and oxygen atoms in total. The highest BCUT2D eigenvalue weighted by atomic mass is 32.2. The van der Waals surface area contributed by atoms with Crippen molar-refractivity contribution in [3.05, 3.63) is 35.4 Å². The highest BCUT2D eigenvalue weighted by molar-refractivity contribution is 7.89. The molecule has 0 aliphatic rings. The number of aryl methyl sites for hydroxylation is 1. The SMILES string of the molecule is CCCCNS(=O)(=O)c1cc(C=CC(=O)O)ccc1C. The van der Waals surface area contributed by atoms with Crippen molar-refractivity contribution in [2.45, 2.75) is 31.6 Å². The Morgan fingerprint density at radius 2 is 2.10 bits per heavy atom. The fourth-order valence-electron chi connectivity index (χ4n) is 1.64. The molecule has 1 aromatic carbocycles. The van der Waals surface area contributed by atoms with E-state index in [-0.39, 0.29) is 4.90 Å². The maximum atomic E-state index is 12.2. The van der Waals surface area contributed by atoms with Gasteiger partial charge in [-0.15, -0.1) is 0 Å². The van der Waals surface area contributed by atoms with Gasteiger partial charge in [-0.25, -0.2) is 17.9 Å². The average Bonchev–Trinajstić information content (AvgIpc) is 2.37. The normalized spacial score (nSPS) is 11.9. The molecule has 0 fully saturated rings. The van der Waals surface area contributed by atoms with Gasteiger partial charge in [0.2, 0.25) is 10.0 Å². The first-order chi connectivity index (χ1) is 9.36. The van der Waals surface area contributed by atoms with Gasteiger partial charge in [0, 0.05) is 12.6 Å². The van der Waals surface area contributed by atoms with E-state index in [1.54, 1.807) is 19.1 Å². The zero-order valence-corrected chi connectivity index (χ0v) is 12.4. The summed E-state index contributed by atoms with van der Waals surface area (Å²) < 4.78 is 26.9. The van der Waals surface area contributed by atoms with Crippen molar-refractivity contribution < 1.29 is 18.3 Å². The summed E-state index contributed by atoms with van der Waals surface area (Å²) in [5.41, 5.74) is 1.16. The van der Waals surface area contributed by atoms with Gasteiger partial charge in [0.1, 0.15) is 0 Å². The Kier molecular flexibility index (Phi) is 5.91. The van der Waals surface area contributed by atoms with Crippen LogP contribution in [0.15, 0.2) is 29.2 Å². The summed E-state index contributed by atoms with van der Waals surface area (Å²) in [6.45, 7) is 4.09. The highest BCUT2D eigenvalue weighted by Crippen LogP contribution is 2.18. The van der Waals surface area contributed by atoms with Crippen LogP contribution in [0.1, 0.15) is 30.9 Å². The van der Waals surface area contributed by atoms with Gasteiger partial charge in [0.15, 0.2) is 0 Å². The zero-order chi connectivity index (χ0) is 15.2. The molecule has 0 aromatic heterocycles. The van der Waals surface area contributed by atoms with E-state index in [1.165, 1.54) is 12.1 Å². The number of sulfonamides is 1. The Morgan fingerprint density at radius 1 is 1.40 bits per heavy atom. The standard InChI is InChI=1S/C14H19NO4S/c1-3-4-9-15-20(18,19)13-10-12(6-5-11(13)2)7-8-14(16)17/h5-8,10,15H,3-4,9H2,1-2H3,(H,16,17). The number of nitrogens with one attached hydrogen (secondary N) is 1. The van der Waals surface area contributed by atoms with Gasteiger partial charge in [-0.05, 0) is 36.6 Å². The molecular weight excluding hydrogens is 278 g/mol. The van der Waals surface area contributed by atoms with Gasteiger partial charge in [0.05, 0.1) is 4.90 Å². The minimum atomic E-state index is -3.56. The fourth-order valence-corrected chi connectivity index (χ4v) is 2.99. The Bertz CT molecular complexity index is 606. The van der Waals surface area contributed by atoms with Crippen molar-refractivity contribution in [2.24, 2.45) is 0 Å². The number of rotatable bonds is 7. The molecule has 1 rings (SSSR count). The number of aliphatic carboxylic acids is 1. The molecule has 2 N–H and O–H groups in total. The second-order valence-corrected chi connectivity index (χ2v) is 6.18. The van der Waals surface area contributed by atoms with Gasteiger partial charge in [0.25, 0.3) is 0 Å². The minimum absolute atomic E-state index is 0.182. The summed E-state index contributed by atoms with van der Waals surface area (Å²) in [7, 11) is -3.56. The van der Waals surface area contributed by atoms with Crippen LogP contribution in [0.2, 0.25) is 0 Å². The van der Waals surface area contributed by atoms with Crippen LogP contribution in [0, 0.1) is 6.92 Å². The lowest BCUT2D eigenvalue weighted by atomic mass is 10.1. The van der Waals surface area contributed by atoms with Gasteiger partial charge in [-0.1, -0.05) is 25.5 Å². The molecule has 0 aliphatic carbocycles. The third-order valence-electron chi connectivity index (χ3n) is 2.74. The lowest BCUT2D eigenvalue weighted by Gasteiger charge is -2.09. The Morgan fingerprint density at radius 3 is 2.70 bits per heavy atom. The molecule has 0 bridgehead atoms. The van der Waals surface area contributed by atoms with Gasteiger partial charge in [-0.3, -0.25) is 0 Å². The Labute approximate surface area is 119 Å². The second kappa shape index (κ2) is 7.21. The first kappa shape index (κ1) is 16.4. The van der Waals surface area contributed by atoms with Crippen molar-refractivity contribution >= 4 is 22.1 Å². The number of carboxylic acids is 1. The summed E-state index contributed by atoms with van der Waals surface area (Å²) in [4.78, 5) is 10.7. The summed E-state index contributed by atoms with van der Waals surface area (Å²) >= 11 is 0. The molecule has 0 heterocycles. The maximum Gasteiger partial charge on any atom is 0.328 e. The number of unbranched alkanes of at least 4 members (excludes halogenated alkanes) is 1. The first-order valence-corrected chi connectivity index (χ1v) is 7.86. The van der Waals surface area contributed by atoms with Crippen LogP contribution in [0.25, 0.3) is 6.08 Å². The predicted molar refractivity (Wildman–Crippen MR) is 77.9 cm³/mol. The second-order valence-electron chi connectivity index (χ2n) is 4.45. The van der Waals surface area contributed by atoms with E-state index in [1.807, 2.05) is 6.92 Å². The van der Waals surface area contributed by atoms with Crippen LogP contribution in [0.5, 0.6) is 0 Å². The van der Waals surface area contributed by atoms with Crippen molar-refractivity contribution in [1.29, 1.82) is 0 Å². The predicted octanol–water partition coefficient (Wildman–Crippen LogP) is 2.17. The number of benzene rings is 1. The molecule has 0 saturated carbocycles. The van der Waals surface area contributed by atoms with Crippen LogP contribution in [0.4, 0.5) is 0 Å². The first-order valence-electron chi connectivity index (χ1n) is 6.38. The van der Waals surface area contributed by atoms with E-state index in [9.17, 15) is 13.2 Å².